The van der Waals surface area contributed by atoms with Gasteiger partial charge in [-0.3, -0.25) is 4.68 Å². The molecule has 0 radical (unpaired) electrons. The van der Waals surface area contributed by atoms with Crippen molar-refractivity contribution >= 4 is 0 Å². The number of aliphatic hydroxyl groups excluding tert-OH is 1. The van der Waals surface area contributed by atoms with E-state index in [2.05, 4.69) is 10.4 Å². The van der Waals surface area contributed by atoms with Crippen molar-refractivity contribution in [3.05, 3.63) is 47.8 Å². The number of nitrogens with zero attached hydrogens (tertiary/aromatic N) is 2. The van der Waals surface area contributed by atoms with E-state index in [1.54, 1.807) is 6.20 Å². The Hall–Kier alpha value is -1.99. The highest BCUT2D eigenvalue weighted by Gasteiger charge is 2.12. The fourth-order valence-corrected chi connectivity index (χ4v) is 2.11. The van der Waals surface area contributed by atoms with Crippen molar-refractivity contribution in [2.24, 2.45) is 0 Å². The molecule has 0 saturated carbocycles. The zero-order valence-electron chi connectivity index (χ0n) is 14.0. The fraction of sp³-hybridized carbons (Fsp3) is 0.471. The lowest BCUT2D eigenvalue weighted by Gasteiger charge is -2.17. The molecule has 2 atom stereocenters. The predicted octanol–water partition coefficient (Wildman–Crippen LogP) is 2.83. The Morgan fingerprint density at radius 3 is 2.62 bits per heavy atom. The zero-order valence-corrected chi connectivity index (χ0v) is 14.0. The second kappa shape index (κ2) is 8.21. The Morgan fingerprint density at radius 1 is 1.25 bits per heavy atom. The molecule has 1 aromatic heterocycles. The first kappa shape index (κ1) is 18.4. The molecule has 0 aliphatic rings. The van der Waals surface area contributed by atoms with Crippen LogP contribution in [0.25, 0.3) is 0 Å². The summed E-state index contributed by atoms with van der Waals surface area (Å²) in [5, 5.41) is 17.4. The summed E-state index contributed by atoms with van der Waals surface area (Å²) in [6.45, 7) is 6.36. The van der Waals surface area contributed by atoms with Crippen molar-refractivity contribution in [3.8, 4) is 5.75 Å². The van der Waals surface area contributed by atoms with Crippen LogP contribution in [0.15, 0.2) is 30.6 Å². The van der Waals surface area contributed by atoms with Crippen LogP contribution in [0.2, 0.25) is 0 Å². The number of nitrogens with one attached hydrogen (secondary N) is 1. The minimum Gasteiger partial charge on any atom is -0.491 e. The third-order valence-corrected chi connectivity index (χ3v) is 3.64. The summed E-state index contributed by atoms with van der Waals surface area (Å²) in [5.74, 6) is -1.73. The number of aliphatic hydroxyl groups is 1. The van der Waals surface area contributed by atoms with Crippen molar-refractivity contribution in [1.29, 1.82) is 0 Å². The van der Waals surface area contributed by atoms with Gasteiger partial charge < -0.3 is 15.2 Å². The van der Waals surface area contributed by atoms with E-state index < -0.39 is 17.7 Å². The van der Waals surface area contributed by atoms with E-state index in [0.717, 1.165) is 17.7 Å². The van der Waals surface area contributed by atoms with Crippen molar-refractivity contribution in [2.75, 3.05) is 13.2 Å². The first-order valence-corrected chi connectivity index (χ1v) is 7.90. The zero-order chi connectivity index (χ0) is 17.7. The van der Waals surface area contributed by atoms with Crippen LogP contribution in [-0.2, 0) is 0 Å². The lowest BCUT2D eigenvalue weighted by Crippen LogP contribution is -2.33. The fourth-order valence-electron chi connectivity index (χ4n) is 2.11. The van der Waals surface area contributed by atoms with E-state index >= 15 is 0 Å². The SMILES string of the molecule is CC(NCC(O)COc1ccc(F)c(F)c1)c1cnn(C(C)C)c1. The molecule has 2 aromatic rings. The van der Waals surface area contributed by atoms with Gasteiger partial charge in [0, 0.05) is 36.5 Å². The van der Waals surface area contributed by atoms with E-state index in [1.807, 2.05) is 31.6 Å². The van der Waals surface area contributed by atoms with Crippen molar-refractivity contribution in [2.45, 2.75) is 39.0 Å². The highest BCUT2D eigenvalue weighted by atomic mass is 19.2. The van der Waals surface area contributed by atoms with Gasteiger partial charge in [-0.2, -0.15) is 5.10 Å². The molecule has 5 nitrogen and oxygen atoms in total. The maximum absolute atomic E-state index is 13.1. The van der Waals surface area contributed by atoms with Gasteiger partial charge in [-0.25, -0.2) is 8.78 Å². The molecule has 0 aliphatic carbocycles. The van der Waals surface area contributed by atoms with E-state index in [0.29, 0.717) is 12.6 Å². The Labute approximate surface area is 140 Å². The normalized spacial score (nSPS) is 14.0. The Morgan fingerprint density at radius 2 is 2.00 bits per heavy atom. The maximum atomic E-state index is 13.1. The van der Waals surface area contributed by atoms with Crippen LogP contribution in [0.4, 0.5) is 8.78 Å². The summed E-state index contributed by atoms with van der Waals surface area (Å²) in [4.78, 5) is 0. The monoisotopic (exact) mass is 339 g/mol. The van der Waals surface area contributed by atoms with Gasteiger partial charge in [0.05, 0.1) is 6.20 Å². The second-order valence-electron chi connectivity index (χ2n) is 6.02. The molecule has 1 heterocycles. The van der Waals surface area contributed by atoms with Crippen LogP contribution in [0.1, 0.15) is 38.4 Å². The van der Waals surface area contributed by atoms with Crippen LogP contribution < -0.4 is 10.1 Å². The van der Waals surface area contributed by atoms with Gasteiger partial charge in [-0.1, -0.05) is 0 Å². The van der Waals surface area contributed by atoms with Gasteiger partial charge in [0.1, 0.15) is 18.5 Å². The number of benzene rings is 1. The van der Waals surface area contributed by atoms with Crippen molar-refractivity contribution in [1.82, 2.24) is 15.1 Å². The third-order valence-electron chi connectivity index (χ3n) is 3.64. The van der Waals surface area contributed by atoms with Crippen LogP contribution in [0.3, 0.4) is 0 Å². The number of ether oxygens (including phenoxy) is 1. The molecule has 0 aliphatic heterocycles. The molecule has 0 saturated heterocycles. The molecule has 1 aromatic carbocycles. The van der Waals surface area contributed by atoms with Gasteiger partial charge in [-0.05, 0) is 32.9 Å². The lowest BCUT2D eigenvalue weighted by molar-refractivity contribution is 0.104. The van der Waals surface area contributed by atoms with Crippen molar-refractivity contribution < 1.29 is 18.6 Å². The largest absolute Gasteiger partial charge is 0.491 e. The van der Waals surface area contributed by atoms with E-state index in [-0.39, 0.29) is 18.4 Å². The number of hydrogen-bond acceptors (Lipinski definition) is 4. The molecule has 0 fully saturated rings. The molecule has 7 heteroatoms. The number of halogens is 2. The van der Waals surface area contributed by atoms with Crippen LogP contribution in [-0.4, -0.2) is 34.1 Å². The summed E-state index contributed by atoms with van der Waals surface area (Å²) in [6.07, 6.45) is 2.98. The average Bonchev–Trinajstić information content (AvgIpc) is 3.04. The first-order valence-electron chi connectivity index (χ1n) is 7.90. The third kappa shape index (κ3) is 5.01. The number of rotatable bonds is 8. The summed E-state index contributed by atoms with van der Waals surface area (Å²) in [7, 11) is 0. The van der Waals surface area contributed by atoms with Gasteiger partial charge in [-0.15, -0.1) is 0 Å². The first-order chi connectivity index (χ1) is 11.4. The molecule has 2 rings (SSSR count). The van der Waals surface area contributed by atoms with E-state index in [9.17, 15) is 13.9 Å². The summed E-state index contributed by atoms with van der Waals surface area (Å²) < 4.78 is 33.0. The number of hydrogen-bond donors (Lipinski definition) is 2. The molecular weight excluding hydrogens is 316 g/mol. The van der Waals surface area contributed by atoms with Crippen LogP contribution in [0, 0.1) is 11.6 Å². The lowest BCUT2D eigenvalue weighted by atomic mass is 10.2. The maximum Gasteiger partial charge on any atom is 0.162 e. The van der Waals surface area contributed by atoms with Gasteiger partial charge in [0.2, 0.25) is 0 Å². The Bertz CT molecular complexity index is 661. The molecular formula is C17H23F2N3O2. The summed E-state index contributed by atoms with van der Waals surface area (Å²) in [5.41, 5.74) is 1.03. The Balaban J connectivity index is 1.77. The van der Waals surface area contributed by atoms with Gasteiger partial charge in [0.15, 0.2) is 11.6 Å². The molecule has 0 amide bonds. The summed E-state index contributed by atoms with van der Waals surface area (Å²) in [6, 6.07) is 3.58. The quantitative estimate of drug-likeness (QED) is 0.776. The molecule has 132 valence electrons. The minimum absolute atomic E-state index is 0.0178. The Kier molecular flexibility index (Phi) is 6.28. The topological polar surface area (TPSA) is 59.3 Å². The smallest absolute Gasteiger partial charge is 0.162 e. The summed E-state index contributed by atoms with van der Waals surface area (Å²) >= 11 is 0. The second-order valence-corrected chi connectivity index (χ2v) is 6.02. The van der Waals surface area contributed by atoms with Gasteiger partial charge in [0.25, 0.3) is 0 Å². The van der Waals surface area contributed by atoms with E-state index in [1.165, 1.54) is 6.07 Å². The average molecular weight is 339 g/mol. The van der Waals surface area contributed by atoms with Crippen LogP contribution >= 0.6 is 0 Å². The minimum atomic E-state index is -0.976. The predicted molar refractivity (Wildman–Crippen MR) is 86.9 cm³/mol. The highest BCUT2D eigenvalue weighted by Crippen LogP contribution is 2.16. The van der Waals surface area contributed by atoms with Gasteiger partial charge >= 0.3 is 0 Å². The molecule has 2 N–H and O–H groups in total. The van der Waals surface area contributed by atoms with E-state index in [4.69, 9.17) is 4.74 Å². The number of aromatic nitrogens is 2. The van der Waals surface area contributed by atoms with Crippen LogP contribution in [0.5, 0.6) is 5.75 Å². The molecule has 0 bridgehead atoms. The molecule has 0 spiro atoms. The standard InChI is InChI=1S/C17H23F2N3O2/c1-11(2)22-9-13(7-21-22)12(3)20-8-14(23)10-24-15-4-5-16(18)17(19)6-15/h4-7,9,11-12,14,20,23H,8,10H2,1-3H3. The molecule has 2 unspecified atom stereocenters. The highest BCUT2D eigenvalue weighted by molar-refractivity contribution is 5.23. The molecule has 24 heavy (non-hydrogen) atoms. The van der Waals surface area contributed by atoms with Crippen molar-refractivity contribution in [3.63, 3.8) is 0 Å².